The molecular weight excluding hydrogens is 236 g/mol. The minimum atomic E-state index is -0.699. The predicted molar refractivity (Wildman–Crippen MR) is 69.1 cm³/mol. The zero-order chi connectivity index (χ0) is 14.5. The Morgan fingerprint density at radius 3 is 2.22 bits per heavy atom. The standard InChI is InChI=1S/C10H20N6O2/c1-6(13-7(2)17)8(18)16(5)10(12)14-9(11)15(3)4/h6H,1-5H3,(H,13,17)(H3,11,12,14). The van der Waals surface area contributed by atoms with E-state index in [0.717, 1.165) is 4.90 Å². The number of hydrogen-bond acceptors (Lipinski definition) is 3. The van der Waals surface area contributed by atoms with E-state index in [4.69, 9.17) is 11.1 Å². The lowest BCUT2D eigenvalue weighted by Gasteiger charge is -2.21. The van der Waals surface area contributed by atoms with Crippen LogP contribution in [0.3, 0.4) is 0 Å². The smallest absolute Gasteiger partial charge is 0.251 e. The number of amides is 2. The van der Waals surface area contributed by atoms with Crippen molar-refractivity contribution < 1.29 is 9.59 Å². The fourth-order valence-corrected chi connectivity index (χ4v) is 1.05. The van der Waals surface area contributed by atoms with Crippen molar-refractivity contribution in [3.05, 3.63) is 0 Å². The molecule has 0 rings (SSSR count). The van der Waals surface area contributed by atoms with Crippen molar-refractivity contribution in [1.82, 2.24) is 15.1 Å². The second kappa shape index (κ2) is 6.58. The van der Waals surface area contributed by atoms with Crippen molar-refractivity contribution in [2.75, 3.05) is 21.1 Å². The van der Waals surface area contributed by atoms with Gasteiger partial charge in [-0.05, 0) is 6.92 Å². The third-order valence-electron chi connectivity index (χ3n) is 2.11. The molecule has 0 aromatic rings. The Bertz CT molecular complexity index is 377. The molecule has 0 radical (unpaired) electrons. The summed E-state index contributed by atoms with van der Waals surface area (Å²) in [5.41, 5.74) is 5.60. The highest BCUT2D eigenvalue weighted by Gasteiger charge is 2.20. The summed E-state index contributed by atoms with van der Waals surface area (Å²) in [6.07, 6.45) is 0. The first kappa shape index (κ1) is 15.9. The number of nitrogens with zero attached hydrogens (tertiary/aromatic N) is 3. The molecule has 102 valence electrons. The average Bonchev–Trinajstić information content (AvgIpc) is 2.25. The van der Waals surface area contributed by atoms with Gasteiger partial charge in [0.1, 0.15) is 6.04 Å². The molecule has 0 aromatic carbocycles. The molecular formula is C10H20N6O2. The summed E-state index contributed by atoms with van der Waals surface area (Å²) in [6, 6.07) is -0.699. The van der Waals surface area contributed by atoms with E-state index in [9.17, 15) is 9.59 Å². The van der Waals surface area contributed by atoms with Crippen LogP contribution in [-0.4, -0.2) is 60.7 Å². The minimum absolute atomic E-state index is 0.0701. The van der Waals surface area contributed by atoms with Crippen LogP contribution in [0.25, 0.3) is 0 Å². The second-order valence-electron chi connectivity index (χ2n) is 4.01. The van der Waals surface area contributed by atoms with Crippen LogP contribution in [-0.2, 0) is 9.59 Å². The topological polar surface area (TPSA) is 115 Å². The number of carbonyl (C=O) groups is 2. The van der Waals surface area contributed by atoms with E-state index in [0.29, 0.717) is 0 Å². The molecule has 0 spiro atoms. The lowest BCUT2D eigenvalue weighted by molar-refractivity contribution is -0.131. The van der Waals surface area contributed by atoms with E-state index in [1.165, 1.54) is 18.9 Å². The SMILES string of the molecule is CC(=O)NC(C)C(=O)N(C)C(N)=NC(=N)N(C)C. The van der Waals surface area contributed by atoms with Crippen molar-refractivity contribution in [2.24, 2.45) is 10.7 Å². The van der Waals surface area contributed by atoms with E-state index in [1.54, 1.807) is 21.0 Å². The van der Waals surface area contributed by atoms with E-state index >= 15 is 0 Å². The molecule has 1 atom stereocenters. The maximum atomic E-state index is 11.8. The van der Waals surface area contributed by atoms with E-state index < -0.39 is 11.9 Å². The second-order valence-corrected chi connectivity index (χ2v) is 4.01. The van der Waals surface area contributed by atoms with Crippen LogP contribution in [0.1, 0.15) is 13.8 Å². The highest BCUT2D eigenvalue weighted by Crippen LogP contribution is 1.93. The zero-order valence-electron chi connectivity index (χ0n) is 11.3. The summed E-state index contributed by atoms with van der Waals surface area (Å²) in [4.78, 5) is 29.0. The Hall–Kier alpha value is -2.12. The quantitative estimate of drug-likeness (QED) is 0.424. The van der Waals surface area contributed by atoms with Gasteiger partial charge in [-0.15, -0.1) is 0 Å². The van der Waals surface area contributed by atoms with Gasteiger partial charge in [-0.3, -0.25) is 19.9 Å². The van der Waals surface area contributed by atoms with Crippen molar-refractivity contribution in [3.63, 3.8) is 0 Å². The molecule has 8 nitrogen and oxygen atoms in total. The number of likely N-dealkylation sites (N-methyl/N-ethyl adjacent to an activating group) is 1. The third-order valence-corrected chi connectivity index (χ3v) is 2.11. The van der Waals surface area contributed by atoms with Crippen LogP contribution in [0.5, 0.6) is 0 Å². The first-order valence-corrected chi connectivity index (χ1v) is 5.31. The molecule has 4 N–H and O–H groups in total. The number of nitrogens with two attached hydrogens (primary N) is 1. The lowest BCUT2D eigenvalue weighted by Crippen LogP contribution is -2.49. The molecule has 2 amide bonds. The monoisotopic (exact) mass is 256 g/mol. The van der Waals surface area contributed by atoms with E-state index in [2.05, 4.69) is 10.3 Å². The molecule has 0 bridgehead atoms. The number of rotatable bonds is 2. The van der Waals surface area contributed by atoms with Crippen molar-refractivity contribution in [3.8, 4) is 0 Å². The summed E-state index contributed by atoms with van der Waals surface area (Å²) in [5, 5.41) is 9.93. The van der Waals surface area contributed by atoms with Crippen molar-refractivity contribution >= 4 is 23.7 Å². The van der Waals surface area contributed by atoms with E-state index in [-0.39, 0.29) is 17.8 Å². The summed E-state index contributed by atoms with van der Waals surface area (Å²) in [6.45, 7) is 2.87. The molecule has 0 aliphatic heterocycles. The van der Waals surface area contributed by atoms with Gasteiger partial charge in [-0.1, -0.05) is 0 Å². The Balaban J connectivity index is 4.73. The normalized spacial score (nSPS) is 12.6. The summed E-state index contributed by atoms with van der Waals surface area (Å²) >= 11 is 0. The maximum absolute atomic E-state index is 11.8. The summed E-state index contributed by atoms with van der Waals surface area (Å²) in [5.74, 6) is -0.881. The molecule has 1 unspecified atom stereocenters. The van der Waals surface area contributed by atoms with Gasteiger partial charge in [0.15, 0.2) is 0 Å². The van der Waals surface area contributed by atoms with Crippen LogP contribution in [0.15, 0.2) is 4.99 Å². The number of nitrogens with one attached hydrogen (secondary N) is 2. The minimum Gasteiger partial charge on any atom is -0.369 e. The molecule has 8 heteroatoms. The highest BCUT2D eigenvalue weighted by molar-refractivity contribution is 6.03. The fraction of sp³-hybridized carbons (Fsp3) is 0.600. The number of aliphatic imine (C=N–C) groups is 1. The summed E-state index contributed by atoms with van der Waals surface area (Å²) in [7, 11) is 4.71. The van der Waals surface area contributed by atoms with Gasteiger partial charge in [0.25, 0.3) is 5.91 Å². The largest absolute Gasteiger partial charge is 0.369 e. The van der Waals surface area contributed by atoms with Gasteiger partial charge in [-0.25, -0.2) is 0 Å². The van der Waals surface area contributed by atoms with Crippen LogP contribution >= 0.6 is 0 Å². The van der Waals surface area contributed by atoms with E-state index in [1.807, 2.05) is 0 Å². The molecule has 18 heavy (non-hydrogen) atoms. The average molecular weight is 256 g/mol. The Labute approximate surface area is 106 Å². The maximum Gasteiger partial charge on any atom is 0.251 e. The predicted octanol–water partition coefficient (Wildman–Crippen LogP) is -1.22. The van der Waals surface area contributed by atoms with Gasteiger partial charge in [0.2, 0.25) is 17.8 Å². The molecule has 0 saturated heterocycles. The van der Waals surface area contributed by atoms with Crippen LogP contribution in [0, 0.1) is 5.41 Å². The molecule has 0 heterocycles. The highest BCUT2D eigenvalue weighted by atomic mass is 16.2. The third kappa shape index (κ3) is 4.81. The van der Waals surface area contributed by atoms with Gasteiger partial charge in [0.05, 0.1) is 0 Å². The Morgan fingerprint density at radius 2 is 1.83 bits per heavy atom. The molecule has 0 fully saturated rings. The lowest BCUT2D eigenvalue weighted by atomic mass is 10.3. The van der Waals surface area contributed by atoms with Gasteiger partial charge in [-0.2, -0.15) is 4.99 Å². The fourth-order valence-electron chi connectivity index (χ4n) is 1.05. The van der Waals surface area contributed by atoms with Crippen molar-refractivity contribution in [1.29, 1.82) is 5.41 Å². The van der Waals surface area contributed by atoms with Gasteiger partial charge < -0.3 is 16.0 Å². The zero-order valence-corrected chi connectivity index (χ0v) is 11.3. The summed E-state index contributed by atoms with van der Waals surface area (Å²) < 4.78 is 0. The molecule has 0 aliphatic carbocycles. The molecule has 0 aliphatic rings. The van der Waals surface area contributed by atoms with Crippen LogP contribution in [0.2, 0.25) is 0 Å². The van der Waals surface area contributed by atoms with Crippen molar-refractivity contribution in [2.45, 2.75) is 19.9 Å². The number of carbonyl (C=O) groups excluding carboxylic acids is 2. The van der Waals surface area contributed by atoms with Crippen LogP contribution in [0.4, 0.5) is 0 Å². The first-order valence-electron chi connectivity index (χ1n) is 5.31. The van der Waals surface area contributed by atoms with Gasteiger partial charge >= 0.3 is 0 Å². The number of hydrogen-bond donors (Lipinski definition) is 3. The Kier molecular flexibility index (Phi) is 5.80. The molecule has 0 saturated carbocycles. The van der Waals surface area contributed by atoms with Gasteiger partial charge in [0, 0.05) is 28.1 Å². The number of guanidine groups is 2. The molecule has 0 aromatic heterocycles. The Morgan fingerprint density at radius 1 is 1.33 bits per heavy atom. The van der Waals surface area contributed by atoms with Crippen LogP contribution < -0.4 is 11.1 Å². The first-order chi connectivity index (χ1) is 8.16.